The van der Waals surface area contributed by atoms with Crippen LogP contribution in [-0.4, -0.2) is 44.8 Å². The Bertz CT molecular complexity index is 1150. The van der Waals surface area contributed by atoms with E-state index in [1.54, 1.807) is 18.2 Å². The van der Waals surface area contributed by atoms with E-state index in [4.69, 9.17) is 12.8 Å². The molecule has 5 atom stereocenters. The van der Waals surface area contributed by atoms with Crippen LogP contribution >= 0.6 is 0 Å². The standard InChI is InChI=1S/C46H68O4/c1-4-7-8-9-10-11-15-18-23-28-33-42(38-39-43(47)5-2)34-29-24-21-22-27-31-36-45(49)35-30-25-19-16-13-12-14-17-20-26-32-37-46(50)41-40-44(48)6-3/h2-3,12,14,22,27,29,34,38-50H,4,7-11,13,15-21,23-26,28,32-33,37H2,1H3/b14-12-,27-22+,34-29-,39-38+,41-40+/t42?,43-,44-,45+,46+/m1/s1. The van der Waals surface area contributed by atoms with Gasteiger partial charge in [-0.25, -0.2) is 0 Å². The van der Waals surface area contributed by atoms with E-state index < -0.39 is 24.4 Å². The molecule has 4 heteroatoms. The maximum Gasteiger partial charge on any atom is 0.176 e. The van der Waals surface area contributed by atoms with Gasteiger partial charge in [-0.15, -0.1) is 12.8 Å². The fourth-order valence-corrected chi connectivity index (χ4v) is 5.25. The summed E-state index contributed by atoms with van der Waals surface area (Å²) in [6.45, 7) is 2.26. The zero-order valence-corrected chi connectivity index (χ0v) is 31.2. The second-order valence-corrected chi connectivity index (χ2v) is 13.0. The molecule has 0 aromatic heterocycles. The number of unbranched alkanes of at least 4 members (excludes halogenated alkanes) is 16. The Morgan fingerprint density at radius 1 is 0.520 bits per heavy atom. The van der Waals surface area contributed by atoms with Crippen LogP contribution < -0.4 is 0 Å². The van der Waals surface area contributed by atoms with E-state index in [-0.39, 0.29) is 5.92 Å². The maximum atomic E-state index is 10.0. The van der Waals surface area contributed by atoms with Crippen molar-refractivity contribution in [3.8, 4) is 48.4 Å². The van der Waals surface area contributed by atoms with Gasteiger partial charge in [-0.2, -0.15) is 0 Å². The maximum absolute atomic E-state index is 10.0. The fourth-order valence-electron chi connectivity index (χ4n) is 5.25. The summed E-state index contributed by atoms with van der Waals surface area (Å²) in [7, 11) is 0. The largest absolute Gasteiger partial charge is 0.389 e. The van der Waals surface area contributed by atoms with E-state index in [0.717, 1.165) is 70.6 Å². The van der Waals surface area contributed by atoms with Crippen LogP contribution in [0.25, 0.3) is 0 Å². The van der Waals surface area contributed by atoms with Crippen molar-refractivity contribution >= 4 is 0 Å². The van der Waals surface area contributed by atoms with Gasteiger partial charge in [0.2, 0.25) is 0 Å². The zero-order valence-electron chi connectivity index (χ0n) is 31.2. The van der Waals surface area contributed by atoms with Gasteiger partial charge in [-0.3, -0.25) is 0 Å². The average molecular weight is 685 g/mol. The lowest BCUT2D eigenvalue weighted by Crippen LogP contribution is -2.04. The summed E-state index contributed by atoms with van der Waals surface area (Å²) in [5, 5.41) is 38.8. The van der Waals surface area contributed by atoms with Crippen molar-refractivity contribution < 1.29 is 20.4 Å². The first kappa shape index (κ1) is 46.8. The van der Waals surface area contributed by atoms with E-state index in [2.05, 4.69) is 66.8 Å². The number of aliphatic hydroxyl groups is 4. The van der Waals surface area contributed by atoms with Gasteiger partial charge in [0.15, 0.2) is 6.10 Å². The Hall–Kier alpha value is -3.22. The molecule has 0 saturated carbocycles. The summed E-state index contributed by atoms with van der Waals surface area (Å²) in [6, 6.07) is 0. The van der Waals surface area contributed by atoms with Gasteiger partial charge in [0, 0.05) is 6.42 Å². The first-order valence-electron chi connectivity index (χ1n) is 19.4. The second-order valence-electron chi connectivity index (χ2n) is 13.0. The molecule has 4 N–H and O–H groups in total. The quantitative estimate of drug-likeness (QED) is 0.0359. The van der Waals surface area contributed by atoms with E-state index >= 15 is 0 Å². The first-order chi connectivity index (χ1) is 24.4. The van der Waals surface area contributed by atoms with Gasteiger partial charge in [0.05, 0.1) is 6.10 Å². The summed E-state index contributed by atoms with van der Waals surface area (Å²) >= 11 is 0. The molecule has 4 nitrogen and oxygen atoms in total. The van der Waals surface area contributed by atoms with Crippen LogP contribution in [0.15, 0.2) is 60.8 Å². The highest BCUT2D eigenvalue weighted by atomic mass is 16.3. The monoisotopic (exact) mass is 685 g/mol. The highest BCUT2D eigenvalue weighted by Gasteiger charge is 2.03. The van der Waals surface area contributed by atoms with Crippen molar-refractivity contribution in [2.75, 3.05) is 0 Å². The van der Waals surface area contributed by atoms with Crippen molar-refractivity contribution in [2.24, 2.45) is 5.92 Å². The van der Waals surface area contributed by atoms with Crippen LogP contribution in [0.1, 0.15) is 148 Å². The molecule has 0 aromatic rings. The van der Waals surface area contributed by atoms with Crippen LogP contribution in [0.4, 0.5) is 0 Å². The molecule has 0 radical (unpaired) electrons. The summed E-state index contributed by atoms with van der Waals surface area (Å²) in [4.78, 5) is 0. The Balaban J connectivity index is 4.09. The molecule has 0 heterocycles. The van der Waals surface area contributed by atoms with Crippen LogP contribution in [0.5, 0.6) is 0 Å². The normalized spacial score (nSPS) is 14.7. The molecule has 0 amide bonds. The van der Waals surface area contributed by atoms with Gasteiger partial charge in [0.25, 0.3) is 0 Å². The summed E-state index contributed by atoms with van der Waals surface area (Å²) in [5.74, 6) is 16.3. The lowest BCUT2D eigenvalue weighted by Gasteiger charge is -2.09. The Morgan fingerprint density at radius 2 is 1.08 bits per heavy atom. The number of aliphatic hydroxyl groups excluding tert-OH is 4. The lowest BCUT2D eigenvalue weighted by molar-refractivity contribution is 0.205. The van der Waals surface area contributed by atoms with Gasteiger partial charge < -0.3 is 20.4 Å². The topological polar surface area (TPSA) is 80.9 Å². The molecule has 0 aliphatic heterocycles. The third-order valence-electron chi connectivity index (χ3n) is 8.29. The number of hydrogen-bond acceptors (Lipinski definition) is 4. The van der Waals surface area contributed by atoms with Crippen LogP contribution in [0.2, 0.25) is 0 Å². The SMILES string of the molecule is C#C[C@@H](O)/C=C/C(/C=C\CC/C=C/C#C[C@@H](O)C#CCCCC/C=C\CCCCC[C@H](O)/C=C/[C@H](O)C#C)CCCCCCCCCCCC. The molecule has 0 bridgehead atoms. The number of allylic oxidation sites excluding steroid dienone is 7. The molecule has 0 saturated heterocycles. The Kier molecular flexibility index (Phi) is 34.7. The zero-order chi connectivity index (χ0) is 36.8. The third kappa shape index (κ3) is 34.6. The van der Waals surface area contributed by atoms with Crippen molar-refractivity contribution in [1.82, 2.24) is 0 Å². The molecule has 0 aromatic carbocycles. The predicted molar refractivity (Wildman–Crippen MR) is 214 cm³/mol. The van der Waals surface area contributed by atoms with Gasteiger partial charge in [0.1, 0.15) is 12.2 Å². The number of hydrogen-bond donors (Lipinski definition) is 4. The van der Waals surface area contributed by atoms with Crippen LogP contribution in [0, 0.1) is 54.3 Å². The molecule has 0 spiro atoms. The minimum Gasteiger partial charge on any atom is -0.389 e. The molecular formula is C46H68O4. The van der Waals surface area contributed by atoms with Crippen molar-refractivity contribution in [3.05, 3.63) is 60.8 Å². The van der Waals surface area contributed by atoms with E-state index in [9.17, 15) is 20.4 Å². The van der Waals surface area contributed by atoms with E-state index in [1.165, 1.54) is 70.3 Å². The Labute approximate surface area is 307 Å². The third-order valence-corrected chi connectivity index (χ3v) is 8.29. The summed E-state index contributed by atoms with van der Waals surface area (Å²) in [5.41, 5.74) is 0. The molecule has 1 unspecified atom stereocenters. The second kappa shape index (κ2) is 37.0. The van der Waals surface area contributed by atoms with E-state index in [1.807, 2.05) is 12.2 Å². The van der Waals surface area contributed by atoms with Gasteiger partial charge in [-0.1, -0.05) is 162 Å². The predicted octanol–water partition coefficient (Wildman–Crippen LogP) is 9.70. The first-order valence-corrected chi connectivity index (χ1v) is 19.4. The minimum atomic E-state index is -0.930. The van der Waals surface area contributed by atoms with Crippen molar-refractivity contribution in [2.45, 2.75) is 173 Å². The minimum absolute atomic E-state index is 0.279. The van der Waals surface area contributed by atoms with Crippen LogP contribution in [-0.2, 0) is 0 Å². The number of terminal acetylenes is 2. The molecule has 50 heavy (non-hydrogen) atoms. The molecule has 276 valence electrons. The lowest BCUT2D eigenvalue weighted by atomic mass is 9.98. The van der Waals surface area contributed by atoms with Crippen molar-refractivity contribution in [3.63, 3.8) is 0 Å². The molecule has 0 fully saturated rings. The summed E-state index contributed by atoms with van der Waals surface area (Å²) in [6.07, 6.45) is 51.2. The van der Waals surface area contributed by atoms with Crippen LogP contribution in [0.3, 0.4) is 0 Å². The average Bonchev–Trinajstić information content (AvgIpc) is 3.12. The summed E-state index contributed by atoms with van der Waals surface area (Å²) < 4.78 is 0. The smallest absolute Gasteiger partial charge is 0.176 e. The molecule has 0 aliphatic rings. The fraction of sp³-hybridized carbons (Fsp3) is 0.609. The van der Waals surface area contributed by atoms with Crippen molar-refractivity contribution in [1.29, 1.82) is 0 Å². The van der Waals surface area contributed by atoms with E-state index in [0.29, 0.717) is 6.42 Å². The molecule has 0 rings (SSSR count). The highest BCUT2D eigenvalue weighted by molar-refractivity contribution is 5.24. The molecule has 0 aliphatic carbocycles. The van der Waals surface area contributed by atoms with Gasteiger partial charge >= 0.3 is 0 Å². The highest BCUT2D eigenvalue weighted by Crippen LogP contribution is 2.17. The molecular weight excluding hydrogens is 617 g/mol. The number of rotatable bonds is 29. The Morgan fingerprint density at radius 3 is 1.74 bits per heavy atom. The van der Waals surface area contributed by atoms with Gasteiger partial charge in [-0.05, 0) is 81.9 Å².